The molecule has 1 aliphatic carbocycles. The highest BCUT2D eigenvalue weighted by Gasteiger charge is 2.46. The Morgan fingerprint density at radius 1 is 1.48 bits per heavy atom. The smallest absolute Gasteiger partial charge is 0.255 e. The molecular weight excluding hydrogens is 288 g/mol. The van der Waals surface area contributed by atoms with Gasteiger partial charge in [-0.15, -0.1) is 0 Å². The summed E-state index contributed by atoms with van der Waals surface area (Å²) in [5.41, 5.74) is 0.693. The lowest BCUT2D eigenvalue weighted by Crippen LogP contribution is -2.49. The van der Waals surface area contributed by atoms with E-state index in [4.69, 9.17) is 16.3 Å². The van der Waals surface area contributed by atoms with Crippen LogP contribution >= 0.6 is 11.6 Å². The maximum atomic E-state index is 12.7. The van der Waals surface area contributed by atoms with Crippen molar-refractivity contribution in [3.05, 3.63) is 29.0 Å². The highest BCUT2D eigenvalue weighted by Crippen LogP contribution is 2.46. The van der Waals surface area contributed by atoms with Gasteiger partial charge in [0.2, 0.25) is 0 Å². The number of likely N-dealkylation sites (tertiary alicyclic amines) is 1. The standard InChI is InChI=1S/C16H21ClN2O2/c1-21-14-4-2-6-16(14)7-3-9-19(11-16)15(20)12-5-8-18-10-13(12)17/h5,8,10,14H,2-4,6-7,9,11H2,1H3/t14-,16+/m1/s1. The number of hydrogen-bond donors (Lipinski definition) is 0. The average Bonchev–Trinajstić information content (AvgIpc) is 2.89. The molecular formula is C16H21ClN2O2. The molecule has 1 aliphatic heterocycles. The highest BCUT2D eigenvalue weighted by atomic mass is 35.5. The van der Waals surface area contributed by atoms with E-state index in [1.165, 1.54) is 12.6 Å². The normalized spacial score (nSPS) is 29.0. The van der Waals surface area contributed by atoms with Crippen molar-refractivity contribution in [3.63, 3.8) is 0 Å². The van der Waals surface area contributed by atoms with Crippen molar-refractivity contribution < 1.29 is 9.53 Å². The van der Waals surface area contributed by atoms with Crippen LogP contribution in [0.15, 0.2) is 18.5 Å². The Morgan fingerprint density at radius 2 is 2.29 bits per heavy atom. The van der Waals surface area contributed by atoms with Gasteiger partial charge >= 0.3 is 0 Å². The van der Waals surface area contributed by atoms with E-state index in [-0.39, 0.29) is 17.4 Å². The first kappa shape index (κ1) is 14.8. The first-order chi connectivity index (χ1) is 10.2. The Bertz CT molecular complexity index is 537. The Hall–Kier alpha value is -1.13. The summed E-state index contributed by atoms with van der Waals surface area (Å²) in [5, 5.41) is 0.428. The van der Waals surface area contributed by atoms with Crippen molar-refractivity contribution >= 4 is 17.5 Å². The number of pyridine rings is 1. The number of piperidine rings is 1. The van der Waals surface area contributed by atoms with Crippen LogP contribution in [0.2, 0.25) is 5.02 Å². The van der Waals surface area contributed by atoms with Crippen molar-refractivity contribution in [1.82, 2.24) is 9.88 Å². The van der Waals surface area contributed by atoms with Crippen LogP contribution in [0.25, 0.3) is 0 Å². The van der Waals surface area contributed by atoms with Crippen LogP contribution in [0.1, 0.15) is 42.5 Å². The van der Waals surface area contributed by atoms with E-state index in [1.807, 2.05) is 4.90 Å². The molecule has 114 valence electrons. The quantitative estimate of drug-likeness (QED) is 0.843. The van der Waals surface area contributed by atoms with Crippen molar-refractivity contribution in [2.24, 2.45) is 5.41 Å². The van der Waals surface area contributed by atoms with Crippen LogP contribution in [0.5, 0.6) is 0 Å². The van der Waals surface area contributed by atoms with E-state index in [9.17, 15) is 4.79 Å². The molecule has 0 bridgehead atoms. The highest BCUT2D eigenvalue weighted by molar-refractivity contribution is 6.33. The van der Waals surface area contributed by atoms with E-state index in [2.05, 4.69) is 4.98 Å². The zero-order valence-electron chi connectivity index (χ0n) is 12.3. The van der Waals surface area contributed by atoms with Gasteiger partial charge < -0.3 is 9.64 Å². The molecule has 1 saturated heterocycles. The topological polar surface area (TPSA) is 42.4 Å². The van der Waals surface area contributed by atoms with Crippen LogP contribution in [0.3, 0.4) is 0 Å². The van der Waals surface area contributed by atoms with E-state index >= 15 is 0 Å². The molecule has 2 heterocycles. The third-order valence-electron chi connectivity index (χ3n) is 5.01. The third-order valence-corrected chi connectivity index (χ3v) is 5.31. The molecule has 2 fully saturated rings. The molecule has 2 aliphatic rings. The summed E-state index contributed by atoms with van der Waals surface area (Å²) in [6, 6.07) is 1.70. The monoisotopic (exact) mass is 308 g/mol. The maximum absolute atomic E-state index is 12.7. The summed E-state index contributed by atoms with van der Waals surface area (Å²) in [6.07, 6.45) is 9.06. The number of nitrogens with zero attached hydrogens (tertiary/aromatic N) is 2. The summed E-state index contributed by atoms with van der Waals surface area (Å²) in [5.74, 6) is 0.0169. The molecule has 0 unspecified atom stereocenters. The second-order valence-electron chi connectivity index (χ2n) is 6.16. The molecule has 1 aromatic heterocycles. The molecule has 0 N–H and O–H groups in total. The van der Waals surface area contributed by atoms with Crippen LogP contribution in [-0.4, -0.2) is 42.1 Å². The first-order valence-corrected chi connectivity index (χ1v) is 7.96. The molecule has 1 spiro atoms. The molecule has 21 heavy (non-hydrogen) atoms. The number of ether oxygens (including phenoxy) is 1. The van der Waals surface area contributed by atoms with Crippen LogP contribution in [0, 0.1) is 5.41 Å². The zero-order chi connectivity index (χ0) is 14.9. The minimum Gasteiger partial charge on any atom is -0.381 e. The molecule has 1 aromatic rings. The Labute approximate surface area is 130 Å². The van der Waals surface area contributed by atoms with Crippen molar-refractivity contribution in [1.29, 1.82) is 0 Å². The molecule has 2 atom stereocenters. The number of hydrogen-bond acceptors (Lipinski definition) is 3. The fourth-order valence-electron chi connectivity index (χ4n) is 3.99. The zero-order valence-corrected chi connectivity index (χ0v) is 13.1. The Kier molecular flexibility index (Phi) is 4.18. The van der Waals surface area contributed by atoms with Crippen molar-refractivity contribution in [2.45, 2.75) is 38.2 Å². The summed E-state index contributed by atoms with van der Waals surface area (Å²) in [6.45, 7) is 1.58. The fourth-order valence-corrected chi connectivity index (χ4v) is 4.19. The van der Waals surface area contributed by atoms with Gasteiger partial charge in [-0.2, -0.15) is 0 Å². The third kappa shape index (κ3) is 2.67. The number of methoxy groups -OCH3 is 1. The van der Waals surface area contributed by atoms with Gasteiger partial charge in [0.25, 0.3) is 5.91 Å². The predicted octanol–water partition coefficient (Wildman–Crippen LogP) is 3.16. The lowest BCUT2D eigenvalue weighted by Gasteiger charge is -2.43. The number of aromatic nitrogens is 1. The predicted molar refractivity (Wildman–Crippen MR) is 81.5 cm³/mol. The van der Waals surface area contributed by atoms with Gasteiger partial charge in [-0.05, 0) is 31.7 Å². The summed E-state index contributed by atoms with van der Waals surface area (Å²) in [4.78, 5) is 18.6. The van der Waals surface area contributed by atoms with Crippen molar-refractivity contribution in [3.8, 4) is 0 Å². The molecule has 4 nitrogen and oxygen atoms in total. The van der Waals surface area contributed by atoms with Crippen molar-refractivity contribution in [2.75, 3.05) is 20.2 Å². The summed E-state index contributed by atoms with van der Waals surface area (Å²) >= 11 is 6.11. The Balaban J connectivity index is 1.80. The van der Waals surface area contributed by atoms with Crippen LogP contribution < -0.4 is 0 Å². The number of halogens is 1. The van der Waals surface area contributed by atoms with Gasteiger partial charge in [0.1, 0.15) is 0 Å². The fraction of sp³-hybridized carbons (Fsp3) is 0.625. The summed E-state index contributed by atoms with van der Waals surface area (Å²) < 4.78 is 5.69. The molecule has 1 saturated carbocycles. The van der Waals surface area contributed by atoms with E-state index in [0.29, 0.717) is 10.6 Å². The van der Waals surface area contributed by atoms with Gasteiger partial charge in [-0.1, -0.05) is 18.0 Å². The number of amides is 1. The van der Waals surface area contributed by atoms with E-state index in [1.54, 1.807) is 19.4 Å². The molecule has 0 radical (unpaired) electrons. The number of carbonyl (C=O) groups is 1. The SMILES string of the molecule is CO[C@@H]1CCC[C@@]12CCCN(C(=O)c1ccncc1Cl)C2. The Morgan fingerprint density at radius 3 is 3.05 bits per heavy atom. The minimum absolute atomic E-state index is 0.0169. The van der Waals surface area contributed by atoms with Gasteiger partial charge in [-0.3, -0.25) is 9.78 Å². The molecule has 0 aromatic carbocycles. The number of rotatable bonds is 2. The lowest BCUT2D eigenvalue weighted by atomic mass is 9.76. The van der Waals surface area contributed by atoms with Gasteiger partial charge in [0.15, 0.2) is 0 Å². The molecule has 5 heteroatoms. The maximum Gasteiger partial charge on any atom is 0.255 e. The van der Waals surface area contributed by atoms with Crippen LogP contribution in [0.4, 0.5) is 0 Å². The first-order valence-electron chi connectivity index (χ1n) is 7.58. The van der Waals surface area contributed by atoms with Gasteiger partial charge in [0, 0.05) is 38.0 Å². The second kappa shape index (κ2) is 5.93. The van der Waals surface area contributed by atoms with E-state index < -0.39 is 0 Å². The lowest BCUT2D eigenvalue weighted by molar-refractivity contribution is -0.0295. The average molecular weight is 309 g/mol. The molecule has 3 rings (SSSR count). The van der Waals surface area contributed by atoms with Crippen LogP contribution in [-0.2, 0) is 4.74 Å². The van der Waals surface area contributed by atoms with E-state index in [0.717, 1.165) is 38.8 Å². The minimum atomic E-state index is 0.0169. The summed E-state index contributed by atoms with van der Waals surface area (Å²) in [7, 11) is 1.79. The number of carbonyl (C=O) groups excluding carboxylic acids is 1. The second-order valence-corrected chi connectivity index (χ2v) is 6.57. The largest absolute Gasteiger partial charge is 0.381 e. The van der Waals surface area contributed by atoms with Gasteiger partial charge in [0.05, 0.1) is 16.7 Å². The molecule has 1 amide bonds. The van der Waals surface area contributed by atoms with Gasteiger partial charge in [-0.25, -0.2) is 0 Å².